The van der Waals surface area contributed by atoms with Gasteiger partial charge in [0.25, 0.3) is 5.71 Å². The van der Waals surface area contributed by atoms with Crippen molar-refractivity contribution >= 4 is 22.8 Å². The lowest BCUT2D eigenvalue weighted by Crippen LogP contribution is -2.39. The average molecular weight is 357 g/mol. The predicted molar refractivity (Wildman–Crippen MR) is 99.0 cm³/mol. The second kappa shape index (κ2) is 6.85. The molecule has 26 heavy (non-hydrogen) atoms. The number of fused-ring (bicyclic) bond motifs is 1. The van der Waals surface area contributed by atoms with Crippen LogP contribution in [0.25, 0.3) is 11.1 Å². The number of aryl methyl sites for hydroxylation is 2. The number of carbonyl (C=O) groups is 1. The summed E-state index contributed by atoms with van der Waals surface area (Å²) in [5, 5.41) is 8.00. The van der Waals surface area contributed by atoms with E-state index in [1.165, 1.54) is 6.42 Å². The molecule has 2 fully saturated rings. The normalized spacial score (nSPS) is 23.4. The second-order valence-electron chi connectivity index (χ2n) is 8.10. The number of aromatic nitrogens is 3. The number of carbonyl (C=O) groups excluding carboxylic acids is 1. The van der Waals surface area contributed by atoms with Gasteiger partial charge in [-0.15, -0.1) is 0 Å². The fourth-order valence-electron chi connectivity index (χ4n) is 3.94. The van der Waals surface area contributed by atoms with Gasteiger partial charge in [-0.3, -0.25) is 4.79 Å². The van der Waals surface area contributed by atoms with Gasteiger partial charge in [0.15, 0.2) is 0 Å². The van der Waals surface area contributed by atoms with Crippen LogP contribution < -0.4 is 10.2 Å². The smallest absolute Gasteiger partial charge is 0.263 e. The summed E-state index contributed by atoms with van der Waals surface area (Å²) >= 11 is 0. The molecule has 7 heteroatoms. The van der Waals surface area contributed by atoms with Crippen molar-refractivity contribution in [3.8, 4) is 0 Å². The van der Waals surface area contributed by atoms with Crippen molar-refractivity contribution in [2.24, 2.45) is 11.8 Å². The lowest BCUT2D eigenvalue weighted by atomic mass is 9.92. The molecule has 2 aromatic rings. The Hall–Kier alpha value is -2.18. The maximum atomic E-state index is 12.0. The van der Waals surface area contributed by atoms with Gasteiger partial charge in [-0.1, -0.05) is 19.0 Å². The monoisotopic (exact) mass is 357 g/mol. The third-order valence-electron chi connectivity index (χ3n) is 5.22. The Bertz CT molecular complexity index is 804. The summed E-state index contributed by atoms with van der Waals surface area (Å²) in [5.41, 5.74) is 1.34. The minimum atomic E-state index is 0.0757. The molecule has 3 heterocycles. The molecule has 0 radical (unpaired) electrons. The van der Waals surface area contributed by atoms with E-state index in [0.29, 0.717) is 42.3 Å². The van der Waals surface area contributed by atoms with Crippen LogP contribution in [0.15, 0.2) is 4.52 Å². The summed E-state index contributed by atoms with van der Waals surface area (Å²) in [5.74, 6) is 2.88. The molecule has 0 aromatic carbocycles. The molecule has 1 amide bonds. The molecule has 1 aliphatic heterocycles. The topological polar surface area (TPSA) is 84.1 Å². The minimum absolute atomic E-state index is 0.0757. The Morgan fingerprint density at radius 2 is 1.96 bits per heavy atom. The number of hydrogen-bond donors (Lipinski definition) is 1. The first-order valence-corrected chi connectivity index (χ1v) is 9.66. The molecule has 1 saturated heterocycles. The number of nitrogens with one attached hydrogen (secondary N) is 1. The summed E-state index contributed by atoms with van der Waals surface area (Å²) in [6, 6.07) is 0.384. The van der Waals surface area contributed by atoms with E-state index in [9.17, 15) is 4.79 Å². The molecule has 7 nitrogen and oxygen atoms in total. The summed E-state index contributed by atoms with van der Waals surface area (Å²) in [6.45, 7) is 8.44. The molecule has 140 valence electrons. The summed E-state index contributed by atoms with van der Waals surface area (Å²) < 4.78 is 5.43. The fourth-order valence-corrected chi connectivity index (χ4v) is 3.94. The summed E-state index contributed by atoms with van der Waals surface area (Å²) in [4.78, 5) is 23.7. The van der Waals surface area contributed by atoms with Crippen LogP contribution in [0.3, 0.4) is 0 Å². The van der Waals surface area contributed by atoms with E-state index in [1.54, 1.807) is 0 Å². The molecule has 2 aromatic heterocycles. The first-order chi connectivity index (χ1) is 12.5. The molecule has 4 rings (SSSR count). The van der Waals surface area contributed by atoms with Gasteiger partial charge in [-0.05, 0) is 38.0 Å². The molecule has 0 spiro atoms. The minimum Gasteiger partial charge on any atom is -0.355 e. The van der Waals surface area contributed by atoms with Crippen LogP contribution in [0.2, 0.25) is 0 Å². The van der Waals surface area contributed by atoms with Crippen LogP contribution in [0.4, 0.5) is 5.82 Å². The van der Waals surface area contributed by atoms with Crippen LogP contribution in [0.1, 0.15) is 51.0 Å². The van der Waals surface area contributed by atoms with Gasteiger partial charge < -0.3 is 14.7 Å². The van der Waals surface area contributed by atoms with Crippen molar-refractivity contribution in [1.82, 2.24) is 20.4 Å². The molecule has 1 saturated carbocycles. The van der Waals surface area contributed by atoms with Crippen LogP contribution >= 0.6 is 0 Å². The van der Waals surface area contributed by atoms with E-state index in [0.717, 1.165) is 42.8 Å². The Morgan fingerprint density at radius 1 is 1.23 bits per heavy atom. The standard InChI is InChI=1S/C19H27N5O2/c1-11-8-12(2)10-24(9-11)18-17-13(3)23-26-19(17)22-15(21-18)6-7-16(25)20-14-4-5-14/h11-12,14H,4-10H2,1-3H3,(H,20,25)/t11-,12+. The highest BCUT2D eigenvalue weighted by Crippen LogP contribution is 2.32. The first kappa shape index (κ1) is 17.2. The highest BCUT2D eigenvalue weighted by atomic mass is 16.5. The van der Waals surface area contributed by atoms with Gasteiger partial charge in [0.2, 0.25) is 5.91 Å². The SMILES string of the molecule is Cc1noc2nc(CCC(=O)NC3CC3)nc(N3C[C@H](C)C[C@H](C)C3)c12. The number of nitrogens with zero attached hydrogens (tertiary/aromatic N) is 4. The van der Waals surface area contributed by atoms with Gasteiger partial charge in [-0.25, -0.2) is 4.98 Å². The van der Waals surface area contributed by atoms with Crippen molar-refractivity contribution in [3.05, 3.63) is 11.5 Å². The first-order valence-electron chi connectivity index (χ1n) is 9.66. The van der Waals surface area contributed by atoms with Crippen molar-refractivity contribution in [1.29, 1.82) is 0 Å². The van der Waals surface area contributed by atoms with Gasteiger partial charge in [0.05, 0.1) is 5.69 Å². The number of rotatable bonds is 5. The Labute approximate surface area is 153 Å². The number of piperidine rings is 1. The number of hydrogen-bond acceptors (Lipinski definition) is 6. The Balaban J connectivity index is 1.59. The maximum Gasteiger partial charge on any atom is 0.263 e. The maximum absolute atomic E-state index is 12.0. The third kappa shape index (κ3) is 3.66. The van der Waals surface area contributed by atoms with Crippen molar-refractivity contribution in [2.75, 3.05) is 18.0 Å². The van der Waals surface area contributed by atoms with Crippen LogP contribution in [-0.4, -0.2) is 40.2 Å². The summed E-state index contributed by atoms with van der Waals surface area (Å²) in [6.07, 6.45) is 4.35. The zero-order valence-corrected chi connectivity index (χ0v) is 15.8. The highest BCUT2D eigenvalue weighted by Gasteiger charge is 2.27. The van der Waals surface area contributed by atoms with E-state index in [4.69, 9.17) is 9.51 Å². The molecule has 0 unspecified atom stereocenters. The fraction of sp³-hybridized carbons (Fsp3) is 0.684. The van der Waals surface area contributed by atoms with Crippen LogP contribution in [0, 0.1) is 18.8 Å². The van der Waals surface area contributed by atoms with Gasteiger partial charge in [-0.2, -0.15) is 4.98 Å². The zero-order valence-electron chi connectivity index (χ0n) is 15.8. The Kier molecular flexibility index (Phi) is 4.54. The van der Waals surface area contributed by atoms with E-state index in [-0.39, 0.29) is 5.91 Å². The Morgan fingerprint density at radius 3 is 2.65 bits per heavy atom. The number of amides is 1. The van der Waals surface area contributed by atoms with Crippen molar-refractivity contribution < 1.29 is 9.32 Å². The van der Waals surface area contributed by atoms with Crippen LogP contribution in [-0.2, 0) is 11.2 Å². The quantitative estimate of drug-likeness (QED) is 0.885. The van der Waals surface area contributed by atoms with Gasteiger partial charge in [0, 0.05) is 32.0 Å². The van der Waals surface area contributed by atoms with Crippen LogP contribution in [0.5, 0.6) is 0 Å². The summed E-state index contributed by atoms with van der Waals surface area (Å²) in [7, 11) is 0. The number of anilines is 1. The van der Waals surface area contributed by atoms with E-state index >= 15 is 0 Å². The van der Waals surface area contributed by atoms with Gasteiger partial charge >= 0.3 is 0 Å². The largest absolute Gasteiger partial charge is 0.355 e. The molecule has 1 N–H and O–H groups in total. The molecule has 0 bridgehead atoms. The predicted octanol–water partition coefficient (Wildman–Crippen LogP) is 2.62. The van der Waals surface area contributed by atoms with E-state index in [2.05, 4.69) is 34.2 Å². The van der Waals surface area contributed by atoms with Crippen molar-refractivity contribution in [3.63, 3.8) is 0 Å². The molecular weight excluding hydrogens is 330 g/mol. The zero-order chi connectivity index (χ0) is 18.3. The molecule has 2 atom stereocenters. The second-order valence-corrected chi connectivity index (χ2v) is 8.10. The lowest BCUT2D eigenvalue weighted by Gasteiger charge is -2.36. The highest BCUT2D eigenvalue weighted by molar-refractivity contribution is 5.88. The molecular formula is C19H27N5O2. The van der Waals surface area contributed by atoms with E-state index < -0.39 is 0 Å². The lowest BCUT2D eigenvalue weighted by molar-refractivity contribution is -0.121. The van der Waals surface area contributed by atoms with Gasteiger partial charge in [0.1, 0.15) is 17.0 Å². The third-order valence-corrected chi connectivity index (χ3v) is 5.22. The van der Waals surface area contributed by atoms with E-state index in [1.807, 2.05) is 6.92 Å². The molecule has 1 aliphatic carbocycles. The average Bonchev–Trinajstić information content (AvgIpc) is 3.32. The molecule has 2 aliphatic rings. The van der Waals surface area contributed by atoms with Crippen molar-refractivity contribution in [2.45, 2.75) is 58.9 Å².